The van der Waals surface area contributed by atoms with Crippen LogP contribution in [0.5, 0.6) is 0 Å². The largest absolute Gasteiger partial charge is 0.352 e. The van der Waals surface area contributed by atoms with Crippen molar-refractivity contribution in [2.45, 2.75) is 26.3 Å². The van der Waals surface area contributed by atoms with Crippen molar-refractivity contribution in [3.63, 3.8) is 0 Å². The summed E-state index contributed by atoms with van der Waals surface area (Å²) in [6, 6.07) is -1.34. The zero-order chi connectivity index (χ0) is 12.0. The van der Waals surface area contributed by atoms with Gasteiger partial charge in [-0.05, 0) is 12.3 Å². The Morgan fingerprint density at radius 3 is 2.33 bits per heavy atom. The van der Waals surface area contributed by atoms with Crippen molar-refractivity contribution in [1.29, 1.82) is 0 Å². The minimum atomic E-state index is -0.710. The van der Waals surface area contributed by atoms with Gasteiger partial charge in [-0.3, -0.25) is 9.63 Å². The molecule has 3 amide bonds. The molecule has 1 atom stereocenters. The number of rotatable bonds is 5. The molecule has 1 unspecified atom stereocenters. The highest BCUT2D eigenvalue weighted by atomic mass is 16.7. The minimum absolute atomic E-state index is 0.274. The van der Waals surface area contributed by atoms with Crippen LogP contribution in [0.3, 0.4) is 0 Å². The Bertz CT molecular complexity index is 231. The van der Waals surface area contributed by atoms with Crippen molar-refractivity contribution in [2.24, 2.45) is 11.7 Å². The van der Waals surface area contributed by atoms with E-state index in [1.807, 2.05) is 13.8 Å². The number of hydroxylamine groups is 2. The van der Waals surface area contributed by atoms with Crippen LogP contribution in [-0.2, 0) is 9.63 Å². The summed E-state index contributed by atoms with van der Waals surface area (Å²) >= 11 is 0. The second-order valence-electron chi connectivity index (χ2n) is 3.71. The van der Waals surface area contributed by atoms with Crippen LogP contribution in [0, 0.1) is 5.92 Å². The van der Waals surface area contributed by atoms with Crippen molar-refractivity contribution < 1.29 is 14.4 Å². The monoisotopic (exact) mass is 217 g/mol. The highest BCUT2D eigenvalue weighted by Crippen LogP contribution is 2.07. The number of urea groups is 1. The molecule has 0 spiro atoms. The van der Waals surface area contributed by atoms with Gasteiger partial charge in [0, 0.05) is 7.05 Å². The number of nitrogens with two attached hydrogens (primary N) is 1. The molecule has 0 aromatic heterocycles. The van der Waals surface area contributed by atoms with Gasteiger partial charge in [0.05, 0.1) is 7.11 Å². The Morgan fingerprint density at radius 2 is 2.00 bits per heavy atom. The molecule has 0 radical (unpaired) electrons. The Hall–Kier alpha value is -1.30. The van der Waals surface area contributed by atoms with Crippen molar-refractivity contribution >= 4 is 11.9 Å². The van der Waals surface area contributed by atoms with Crippen LogP contribution in [0.2, 0.25) is 0 Å². The summed E-state index contributed by atoms with van der Waals surface area (Å²) in [5.74, 6) is -0.0407. The number of likely N-dealkylation sites (N-methyl/N-ethyl adjacent to an activating group) is 1. The molecule has 0 aliphatic rings. The lowest BCUT2D eigenvalue weighted by atomic mass is 10.0. The first kappa shape index (κ1) is 13.7. The molecule has 0 aliphatic heterocycles. The van der Waals surface area contributed by atoms with Gasteiger partial charge in [-0.2, -0.15) is 0 Å². The SMILES string of the molecule is CON(C)C(=O)C(CC(C)C)NC(N)=O. The van der Waals surface area contributed by atoms with E-state index in [0.29, 0.717) is 6.42 Å². The summed E-state index contributed by atoms with van der Waals surface area (Å²) < 4.78 is 0. The molecular formula is C9H19N3O3. The number of carbonyl (C=O) groups excluding carboxylic acids is 2. The van der Waals surface area contributed by atoms with E-state index in [0.717, 1.165) is 5.06 Å². The van der Waals surface area contributed by atoms with Gasteiger partial charge in [0.1, 0.15) is 6.04 Å². The maximum atomic E-state index is 11.7. The van der Waals surface area contributed by atoms with Crippen LogP contribution in [0.15, 0.2) is 0 Å². The normalized spacial score (nSPS) is 12.3. The molecule has 3 N–H and O–H groups in total. The number of hydrogen-bond donors (Lipinski definition) is 2. The average Bonchev–Trinajstić information content (AvgIpc) is 2.13. The van der Waals surface area contributed by atoms with Crippen LogP contribution in [0.1, 0.15) is 20.3 Å². The Labute approximate surface area is 89.7 Å². The molecule has 88 valence electrons. The predicted octanol–water partition coefficient (Wildman–Crippen LogP) is 0.0892. The van der Waals surface area contributed by atoms with Crippen LogP contribution >= 0.6 is 0 Å². The number of primary amides is 1. The number of carbonyl (C=O) groups is 2. The van der Waals surface area contributed by atoms with Crippen LogP contribution in [0.4, 0.5) is 4.79 Å². The number of amides is 3. The van der Waals surface area contributed by atoms with Crippen molar-refractivity contribution in [2.75, 3.05) is 14.2 Å². The number of hydrogen-bond acceptors (Lipinski definition) is 3. The Balaban J connectivity index is 4.47. The van der Waals surface area contributed by atoms with Gasteiger partial charge < -0.3 is 11.1 Å². The fourth-order valence-corrected chi connectivity index (χ4v) is 1.17. The molecule has 15 heavy (non-hydrogen) atoms. The molecule has 0 rings (SSSR count). The predicted molar refractivity (Wildman–Crippen MR) is 55.7 cm³/mol. The van der Waals surface area contributed by atoms with Crippen LogP contribution in [-0.4, -0.2) is 37.2 Å². The minimum Gasteiger partial charge on any atom is -0.352 e. The molecule has 0 aliphatic carbocycles. The molecule has 0 aromatic rings. The van der Waals surface area contributed by atoms with Gasteiger partial charge in [0.25, 0.3) is 5.91 Å². The standard InChI is InChI=1S/C9H19N3O3/c1-6(2)5-7(11-9(10)14)8(13)12(3)15-4/h6-7H,5H2,1-4H3,(H3,10,11,14). The van der Waals surface area contributed by atoms with E-state index >= 15 is 0 Å². The second-order valence-corrected chi connectivity index (χ2v) is 3.71. The molecule has 0 heterocycles. The lowest BCUT2D eigenvalue weighted by Gasteiger charge is -2.23. The molecule has 0 bridgehead atoms. The maximum absolute atomic E-state index is 11.7. The zero-order valence-electron chi connectivity index (χ0n) is 9.61. The molecule has 6 heteroatoms. The lowest BCUT2D eigenvalue weighted by molar-refractivity contribution is -0.171. The topological polar surface area (TPSA) is 84.7 Å². The van der Waals surface area contributed by atoms with Crippen molar-refractivity contribution in [3.8, 4) is 0 Å². The third kappa shape index (κ3) is 5.21. The lowest BCUT2D eigenvalue weighted by Crippen LogP contribution is -2.49. The van der Waals surface area contributed by atoms with Crippen molar-refractivity contribution in [3.05, 3.63) is 0 Å². The van der Waals surface area contributed by atoms with Gasteiger partial charge in [-0.25, -0.2) is 9.86 Å². The molecular weight excluding hydrogens is 198 g/mol. The van der Waals surface area contributed by atoms with Gasteiger partial charge in [0.2, 0.25) is 0 Å². The molecule has 0 aromatic carbocycles. The van der Waals surface area contributed by atoms with E-state index in [2.05, 4.69) is 5.32 Å². The highest BCUT2D eigenvalue weighted by molar-refractivity contribution is 5.85. The van der Waals surface area contributed by atoms with E-state index in [9.17, 15) is 9.59 Å². The smallest absolute Gasteiger partial charge is 0.312 e. The van der Waals surface area contributed by atoms with Gasteiger partial charge in [-0.1, -0.05) is 13.8 Å². The molecule has 0 saturated heterocycles. The summed E-state index contributed by atoms with van der Waals surface area (Å²) in [5.41, 5.74) is 4.99. The summed E-state index contributed by atoms with van der Waals surface area (Å²) in [7, 11) is 2.87. The van der Waals surface area contributed by atoms with Crippen LogP contribution in [0.25, 0.3) is 0 Å². The van der Waals surface area contributed by atoms with Gasteiger partial charge in [0.15, 0.2) is 0 Å². The van der Waals surface area contributed by atoms with Crippen molar-refractivity contribution in [1.82, 2.24) is 10.4 Å². The fourth-order valence-electron chi connectivity index (χ4n) is 1.17. The molecule has 0 fully saturated rings. The van der Waals surface area contributed by atoms with E-state index in [1.165, 1.54) is 14.2 Å². The third-order valence-electron chi connectivity index (χ3n) is 1.91. The first-order valence-corrected chi connectivity index (χ1v) is 4.76. The van der Waals surface area contributed by atoms with Gasteiger partial charge >= 0.3 is 6.03 Å². The van der Waals surface area contributed by atoms with E-state index in [-0.39, 0.29) is 11.8 Å². The van der Waals surface area contributed by atoms with E-state index < -0.39 is 12.1 Å². The second kappa shape index (κ2) is 6.23. The van der Waals surface area contributed by atoms with Gasteiger partial charge in [-0.15, -0.1) is 0 Å². The van der Waals surface area contributed by atoms with E-state index in [4.69, 9.17) is 10.6 Å². The average molecular weight is 217 g/mol. The summed E-state index contributed by atoms with van der Waals surface area (Å²) in [6.45, 7) is 3.91. The highest BCUT2D eigenvalue weighted by Gasteiger charge is 2.24. The molecule has 6 nitrogen and oxygen atoms in total. The zero-order valence-corrected chi connectivity index (χ0v) is 9.61. The Morgan fingerprint density at radius 1 is 1.47 bits per heavy atom. The summed E-state index contributed by atoms with van der Waals surface area (Å²) in [6.07, 6.45) is 0.523. The number of nitrogens with one attached hydrogen (secondary N) is 1. The summed E-state index contributed by atoms with van der Waals surface area (Å²) in [4.78, 5) is 27.1. The van der Waals surface area contributed by atoms with Crippen LogP contribution < -0.4 is 11.1 Å². The van der Waals surface area contributed by atoms with E-state index in [1.54, 1.807) is 0 Å². The first-order chi connectivity index (χ1) is 6.88. The Kier molecular flexibility index (Phi) is 5.69. The summed E-state index contributed by atoms with van der Waals surface area (Å²) in [5, 5.41) is 3.47. The first-order valence-electron chi connectivity index (χ1n) is 4.76. The quantitative estimate of drug-likeness (QED) is 0.640. The number of nitrogens with zero attached hydrogens (tertiary/aromatic N) is 1. The maximum Gasteiger partial charge on any atom is 0.312 e. The third-order valence-corrected chi connectivity index (χ3v) is 1.91. The fraction of sp³-hybridized carbons (Fsp3) is 0.778. The molecule has 0 saturated carbocycles.